The lowest BCUT2D eigenvalue weighted by Gasteiger charge is -2.23. The molecular formula is C7H11O2P. The first-order valence-corrected chi connectivity index (χ1v) is 5.61. The number of hydrogen-bond donors (Lipinski definition) is 0. The molecule has 0 spiro atoms. The molecule has 2 atom stereocenters. The van der Waals surface area contributed by atoms with Crippen LogP contribution < -0.4 is 0 Å². The minimum atomic E-state index is -2.30. The second-order valence-electron chi connectivity index (χ2n) is 2.64. The van der Waals surface area contributed by atoms with Gasteiger partial charge in [0.15, 0.2) is 0 Å². The molecule has 1 aliphatic heterocycles. The third-order valence-electron chi connectivity index (χ3n) is 1.57. The normalized spacial score (nSPS) is 40.6. The Balaban J connectivity index is 2.58. The molecule has 3 heteroatoms. The third-order valence-corrected chi connectivity index (χ3v) is 3.40. The van der Waals surface area contributed by atoms with Crippen molar-refractivity contribution in [2.24, 2.45) is 0 Å². The summed E-state index contributed by atoms with van der Waals surface area (Å²) in [5, 5.41) is 0. The second-order valence-corrected chi connectivity index (χ2v) is 5.33. The summed E-state index contributed by atoms with van der Waals surface area (Å²) in [6.07, 6.45) is 7.40. The van der Waals surface area contributed by atoms with Crippen LogP contribution >= 0.6 is 7.37 Å². The molecule has 0 radical (unpaired) electrons. The molecule has 0 amide bonds. The maximum atomic E-state index is 11.3. The Hall–Kier alpha value is -0.250. The van der Waals surface area contributed by atoms with Gasteiger partial charge in [0.05, 0.1) is 0 Å². The van der Waals surface area contributed by atoms with Gasteiger partial charge in [0.2, 0.25) is 7.37 Å². The highest BCUT2D eigenvalue weighted by atomic mass is 31.2. The fourth-order valence-corrected chi connectivity index (χ4v) is 2.62. The van der Waals surface area contributed by atoms with Gasteiger partial charge in [0.1, 0.15) is 6.10 Å². The van der Waals surface area contributed by atoms with E-state index in [1.54, 1.807) is 6.66 Å². The van der Waals surface area contributed by atoms with E-state index in [1.807, 2.05) is 0 Å². The maximum Gasteiger partial charge on any atom is 0.201 e. The molecule has 2 nitrogen and oxygen atoms in total. The molecule has 1 aliphatic rings. The van der Waals surface area contributed by atoms with Crippen molar-refractivity contribution in [1.29, 1.82) is 0 Å². The van der Waals surface area contributed by atoms with Crippen molar-refractivity contribution < 1.29 is 9.09 Å². The molecule has 0 bridgehead atoms. The highest BCUT2D eigenvalue weighted by Crippen LogP contribution is 2.48. The van der Waals surface area contributed by atoms with Crippen molar-refractivity contribution in [2.45, 2.75) is 18.9 Å². The van der Waals surface area contributed by atoms with E-state index in [1.165, 1.54) is 0 Å². The van der Waals surface area contributed by atoms with Crippen molar-refractivity contribution in [3.8, 4) is 12.3 Å². The van der Waals surface area contributed by atoms with Crippen LogP contribution in [0.5, 0.6) is 0 Å². The predicted octanol–water partition coefficient (Wildman–Crippen LogP) is 1.71. The Labute approximate surface area is 61.4 Å². The van der Waals surface area contributed by atoms with Gasteiger partial charge in [-0.15, -0.1) is 6.42 Å². The second kappa shape index (κ2) is 2.78. The lowest BCUT2D eigenvalue weighted by molar-refractivity contribution is 0.232. The van der Waals surface area contributed by atoms with Gasteiger partial charge < -0.3 is 4.52 Å². The molecule has 1 heterocycles. The van der Waals surface area contributed by atoms with Crippen molar-refractivity contribution in [3.05, 3.63) is 0 Å². The van der Waals surface area contributed by atoms with Crippen LogP contribution in [0.3, 0.4) is 0 Å². The highest BCUT2D eigenvalue weighted by Gasteiger charge is 2.25. The first kappa shape index (κ1) is 7.85. The summed E-state index contributed by atoms with van der Waals surface area (Å²) < 4.78 is 16.4. The summed E-state index contributed by atoms with van der Waals surface area (Å²) in [5.74, 6) is 2.47. The molecule has 0 aromatic heterocycles. The summed E-state index contributed by atoms with van der Waals surface area (Å²) in [7, 11) is -2.30. The Morgan fingerprint density at radius 1 is 1.80 bits per heavy atom. The summed E-state index contributed by atoms with van der Waals surface area (Å²) >= 11 is 0. The predicted molar refractivity (Wildman–Crippen MR) is 41.3 cm³/mol. The fourth-order valence-electron chi connectivity index (χ4n) is 1.05. The van der Waals surface area contributed by atoms with Gasteiger partial charge in [0, 0.05) is 12.8 Å². The van der Waals surface area contributed by atoms with E-state index in [4.69, 9.17) is 10.9 Å². The van der Waals surface area contributed by atoms with Crippen molar-refractivity contribution in [2.75, 3.05) is 12.8 Å². The molecule has 56 valence electrons. The number of hydrogen-bond acceptors (Lipinski definition) is 2. The van der Waals surface area contributed by atoms with Crippen molar-refractivity contribution >= 4 is 7.37 Å². The summed E-state index contributed by atoms with van der Waals surface area (Å²) in [6.45, 7) is 1.65. The van der Waals surface area contributed by atoms with Crippen molar-refractivity contribution in [3.63, 3.8) is 0 Å². The zero-order valence-electron chi connectivity index (χ0n) is 6.04. The third kappa shape index (κ3) is 1.87. The Kier molecular flexibility index (Phi) is 2.18. The molecule has 1 saturated heterocycles. The smallest absolute Gasteiger partial charge is 0.201 e. The van der Waals surface area contributed by atoms with Crippen molar-refractivity contribution in [1.82, 2.24) is 0 Å². The molecule has 2 unspecified atom stereocenters. The van der Waals surface area contributed by atoms with Crippen LogP contribution in [0.1, 0.15) is 12.8 Å². The van der Waals surface area contributed by atoms with E-state index in [0.29, 0.717) is 6.16 Å². The van der Waals surface area contributed by atoms with Crippen LogP contribution in [-0.4, -0.2) is 18.9 Å². The van der Waals surface area contributed by atoms with E-state index in [9.17, 15) is 4.57 Å². The van der Waals surface area contributed by atoms with E-state index >= 15 is 0 Å². The van der Waals surface area contributed by atoms with Crippen LogP contribution in [0, 0.1) is 12.3 Å². The molecule has 1 fully saturated rings. The lowest BCUT2D eigenvalue weighted by Crippen LogP contribution is -2.15. The average molecular weight is 158 g/mol. The molecule has 0 aliphatic carbocycles. The van der Waals surface area contributed by atoms with Gasteiger partial charge in [-0.05, 0) is 12.8 Å². The van der Waals surface area contributed by atoms with Gasteiger partial charge in [-0.2, -0.15) is 0 Å². The first-order chi connectivity index (χ1) is 4.64. The maximum absolute atomic E-state index is 11.3. The number of terminal acetylenes is 1. The topological polar surface area (TPSA) is 26.3 Å². The molecule has 0 saturated carbocycles. The Morgan fingerprint density at radius 2 is 2.50 bits per heavy atom. The zero-order valence-corrected chi connectivity index (χ0v) is 6.93. The largest absolute Gasteiger partial charge is 0.312 e. The van der Waals surface area contributed by atoms with Crippen LogP contribution in [0.25, 0.3) is 0 Å². The van der Waals surface area contributed by atoms with Gasteiger partial charge in [-0.1, -0.05) is 5.92 Å². The Morgan fingerprint density at radius 3 is 2.90 bits per heavy atom. The van der Waals surface area contributed by atoms with E-state index in [-0.39, 0.29) is 6.10 Å². The molecule has 0 N–H and O–H groups in total. The van der Waals surface area contributed by atoms with Gasteiger partial charge >= 0.3 is 0 Å². The van der Waals surface area contributed by atoms with E-state index in [0.717, 1.165) is 12.8 Å². The minimum absolute atomic E-state index is 0.204. The summed E-state index contributed by atoms with van der Waals surface area (Å²) in [5.41, 5.74) is 0. The van der Waals surface area contributed by atoms with Gasteiger partial charge in [-0.25, -0.2) is 0 Å². The standard InChI is InChI=1S/C7H11O2P/c1-3-7-5-4-6-10(2,8)9-7/h1,7H,4-6H2,2H3. The summed E-state index contributed by atoms with van der Waals surface area (Å²) in [4.78, 5) is 0. The molecule has 0 aromatic carbocycles. The molecule has 10 heavy (non-hydrogen) atoms. The fraction of sp³-hybridized carbons (Fsp3) is 0.714. The first-order valence-electron chi connectivity index (χ1n) is 3.35. The zero-order chi connectivity index (χ0) is 7.61. The Bertz CT molecular complexity index is 204. The number of rotatable bonds is 0. The van der Waals surface area contributed by atoms with Crippen LogP contribution in [0.15, 0.2) is 0 Å². The van der Waals surface area contributed by atoms with Crippen LogP contribution in [-0.2, 0) is 9.09 Å². The highest BCUT2D eigenvalue weighted by molar-refractivity contribution is 7.58. The summed E-state index contributed by atoms with van der Waals surface area (Å²) in [6, 6.07) is 0. The minimum Gasteiger partial charge on any atom is -0.312 e. The lowest BCUT2D eigenvalue weighted by atomic mass is 10.2. The molecule has 0 aromatic rings. The van der Waals surface area contributed by atoms with Crippen LogP contribution in [0.4, 0.5) is 0 Å². The van der Waals surface area contributed by atoms with E-state index < -0.39 is 7.37 Å². The van der Waals surface area contributed by atoms with Gasteiger partial charge in [0.25, 0.3) is 0 Å². The molecular weight excluding hydrogens is 147 g/mol. The quantitative estimate of drug-likeness (QED) is 0.396. The SMILES string of the molecule is C#CC1CCCP(C)(=O)O1. The van der Waals surface area contributed by atoms with Gasteiger partial charge in [-0.3, -0.25) is 4.57 Å². The van der Waals surface area contributed by atoms with E-state index in [2.05, 4.69) is 5.92 Å². The average Bonchev–Trinajstić information content (AvgIpc) is 1.86. The monoisotopic (exact) mass is 158 g/mol. The van der Waals surface area contributed by atoms with Crippen LogP contribution in [0.2, 0.25) is 0 Å². The molecule has 1 rings (SSSR count).